The fourth-order valence-corrected chi connectivity index (χ4v) is 18.2. The van der Waals surface area contributed by atoms with Gasteiger partial charge in [0.1, 0.15) is 11.5 Å². The van der Waals surface area contributed by atoms with Gasteiger partial charge in [-0.1, -0.05) is 203 Å². The minimum atomic E-state index is -0.0920. The summed E-state index contributed by atoms with van der Waals surface area (Å²) in [6, 6.07) is 71.6. The smallest absolute Gasteiger partial charge is 0.248 e. The highest BCUT2D eigenvalue weighted by atomic mass is 16.5. The van der Waals surface area contributed by atoms with E-state index in [1.165, 1.54) is 166 Å². The highest BCUT2D eigenvalue weighted by Gasteiger charge is 2.46. The molecule has 0 saturated carbocycles. The lowest BCUT2D eigenvalue weighted by atomic mass is 9.31. The summed E-state index contributed by atoms with van der Waals surface area (Å²) >= 11 is 0. The molecule has 0 atom stereocenters. The molecule has 16 rings (SSSR count). The Morgan fingerprint density at radius 2 is 0.635 bits per heavy atom. The fourth-order valence-electron chi connectivity index (χ4n) is 18.2. The standard InChI is InChI=1S/C90H90B2N2O2/c1-51(2)33-57-39-59(35-53(5)6)83(60(40-57)36-54(7)8)67-47-69-73-43-65(95-13)45-81-89(73)92(76-30-22-24-32-80(76)93(81)63-25-17-15-18-26-63)78-50-72-68(84-61(37-55(9)10)41-58(34-52(3)4)42-62(84)38-56(11)12)48-70-74-44-66(96-14)46-82-90(74)91(77-49-71(67)87(85(69)78)88(72)86(70)77)75-29-21-23-31-79(75)94(82)64-27-19-16-20-28-64/h15-32,39-56H,33-38H2,1-14H3. The normalized spacial score (nSPS) is 13.4. The van der Waals surface area contributed by atoms with Gasteiger partial charge in [0, 0.05) is 46.3 Å². The van der Waals surface area contributed by atoms with Crippen LogP contribution in [0, 0.1) is 35.5 Å². The molecule has 0 unspecified atom stereocenters. The van der Waals surface area contributed by atoms with E-state index in [0.717, 1.165) is 61.4 Å². The van der Waals surface area contributed by atoms with Crippen molar-refractivity contribution in [2.45, 2.75) is 122 Å². The average molecular weight is 1250 g/mol. The molecule has 12 aromatic rings. The molecule has 6 heteroatoms. The molecule has 0 saturated heterocycles. The first-order chi connectivity index (χ1) is 46.5. The van der Waals surface area contributed by atoms with E-state index in [-0.39, 0.29) is 13.4 Å². The molecule has 0 fully saturated rings. The first-order valence-corrected chi connectivity index (χ1v) is 36.0. The molecule has 96 heavy (non-hydrogen) atoms. The van der Waals surface area contributed by atoms with Gasteiger partial charge >= 0.3 is 0 Å². The fraction of sp³-hybridized carbons (Fsp3) is 0.289. The lowest BCUT2D eigenvalue weighted by molar-refractivity contribution is 0.415. The largest absolute Gasteiger partial charge is 0.497 e. The Labute approximate surface area is 571 Å². The van der Waals surface area contributed by atoms with Crippen molar-refractivity contribution in [3.8, 4) is 56.0 Å². The van der Waals surface area contributed by atoms with Crippen molar-refractivity contribution in [2.75, 3.05) is 24.0 Å². The van der Waals surface area contributed by atoms with Crippen LogP contribution in [0.25, 0.3) is 76.8 Å². The number of anilines is 6. The summed E-state index contributed by atoms with van der Waals surface area (Å²) in [4.78, 5) is 5.05. The van der Waals surface area contributed by atoms with Crippen LogP contribution in [-0.4, -0.2) is 27.6 Å². The maximum atomic E-state index is 6.58. The maximum Gasteiger partial charge on any atom is 0.248 e. The Kier molecular flexibility index (Phi) is 15.4. The molecule has 0 amide bonds. The molecule has 12 aromatic carbocycles. The van der Waals surface area contributed by atoms with E-state index in [2.05, 4.69) is 275 Å². The number of fused-ring (bicyclic) bond motifs is 8. The number of methoxy groups -OCH3 is 2. The second kappa shape index (κ2) is 24.0. The summed E-state index contributed by atoms with van der Waals surface area (Å²) in [5.74, 6) is 4.49. The lowest BCUT2D eigenvalue weighted by Crippen LogP contribution is -2.60. The summed E-state index contributed by atoms with van der Waals surface area (Å²) in [6.45, 7) is 28.7. The minimum Gasteiger partial charge on any atom is -0.497 e. The van der Waals surface area contributed by atoms with E-state index in [0.29, 0.717) is 35.5 Å². The summed E-state index contributed by atoms with van der Waals surface area (Å²) in [5, 5.41) is 8.16. The molecule has 0 spiro atoms. The van der Waals surface area contributed by atoms with Gasteiger partial charge in [-0.15, -0.1) is 0 Å². The van der Waals surface area contributed by atoms with Crippen molar-refractivity contribution in [2.24, 2.45) is 35.5 Å². The average Bonchev–Trinajstić information content (AvgIpc) is 0.664. The van der Waals surface area contributed by atoms with Crippen LogP contribution < -0.4 is 52.1 Å². The van der Waals surface area contributed by atoms with Crippen LogP contribution in [0.4, 0.5) is 34.1 Å². The molecule has 0 radical (unpaired) electrons. The Morgan fingerprint density at radius 1 is 0.302 bits per heavy atom. The molecular formula is C90H90B2N2O2. The van der Waals surface area contributed by atoms with E-state index in [1.54, 1.807) is 0 Å². The third-order valence-corrected chi connectivity index (χ3v) is 21.2. The van der Waals surface area contributed by atoms with E-state index < -0.39 is 0 Å². The van der Waals surface area contributed by atoms with Crippen LogP contribution >= 0.6 is 0 Å². The molecule has 0 aliphatic carbocycles. The van der Waals surface area contributed by atoms with Crippen LogP contribution in [0.5, 0.6) is 11.5 Å². The van der Waals surface area contributed by atoms with Gasteiger partial charge in [0.15, 0.2) is 0 Å². The topological polar surface area (TPSA) is 24.9 Å². The first kappa shape index (κ1) is 61.9. The predicted octanol–water partition coefficient (Wildman–Crippen LogP) is 19.7. The SMILES string of the molecule is COc1cc2c3c(c1)N(c1ccccc1)c1ccccc1B3c1cc3c(-c4c(CC(C)C)cc(CC(C)C)cc4CC(C)C)cc4c5c(cc6c(-c7c(CC(C)C)cc(CC(C)C)cc7CC(C)C)cc-2c1c6c35)B1c2ccccc2N(c2ccccc2)c2cc(OC)cc-4c21. The minimum absolute atomic E-state index is 0.0920. The van der Waals surface area contributed by atoms with E-state index in [1.807, 2.05) is 14.2 Å². The lowest BCUT2D eigenvalue weighted by Gasteiger charge is -2.42. The number of nitrogens with zero attached hydrogens (tertiary/aromatic N) is 2. The summed E-state index contributed by atoms with van der Waals surface area (Å²) in [5.41, 5.74) is 34.4. The molecule has 4 aliphatic heterocycles. The van der Waals surface area contributed by atoms with Crippen LogP contribution in [0.2, 0.25) is 0 Å². The molecule has 4 nitrogen and oxygen atoms in total. The summed E-state index contributed by atoms with van der Waals surface area (Å²) in [6.07, 6.45) is 5.99. The molecule has 478 valence electrons. The van der Waals surface area contributed by atoms with Crippen molar-refractivity contribution in [3.63, 3.8) is 0 Å². The monoisotopic (exact) mass is 1250 g/mol. The van der Waals surface area contributed by atoms with Gasteiger partial charge in [0.2, 0.25) is 13.4 Å². The summed E-state index contributed by atoms with van der Waals surface area (Å²) in [7, 11) is 3.71. The zero-order valence-corrected chi connectivity index (χ0v) is 58.9. The molecule has 4 aliphatic rings. The van der Waals surface area contributed by atoms with Gasteiger partial charge < -0.3 is 19.3 Å². The molecule has 0 aromatic heterocycles. The Hall–Kier alpha value is -8.99. The van der Waals surface area contributed by atoms with Crippen molar-refractivity contribution in [3.05, 3.63) is 215 Å². The number of para-hydroxylation sites is 4. The molecule has 0 bridgehead atoms. The third kappa shape index (κ3) is 9.99. The second-order valence-electron chi connectivity index (χ2n) is 31.2. The van der Waals surface area contributed by atoms with Gasteiger partial charge in [-0.3, -0.25) is 0 Å². The molecule has 0 N–H and O–H groups in total. The maximum absolute atomic E-state index is 6.58. The van der Waals surface area contributed by atoms with Gasteiger partial charge in [0.05, 0.1) is 14.2 Å². The van der Waals surface area contributed by atoms with Crippen molar-refractivity contribution >= 4 is 113 Å². The highest BCUT2D eigenvalue weighted by molar-refractivity contribution is 7.02. The Morgan fingerprint density at radius 3 is 0.969 bits per heavy atom. The quantitative estimate of drug-likeness (QED) is 0.0631. The number of ether oxygens (including phenoxy) is 2. The second-order valence-corrected chi connectivity index (χ2v) is 31.2. The van der Waals surface area contributed by atoms with Crippen LogP contribution in [-0.2, 0) is 38.5 Å². The predicted molar refractivity (Wildman–Crippen MR) is 415 cm³/mol. The van der Waals surface area contributed by atoms with Gasteiger partial charge in [-0.25, -0.2) is 0 Å². The molecule has 4 heterocycles. The third-order valence-electron chi connectivity index (χ3n) is 21.2. The number of hydrogen-bond acceptors (Lipinski definition) is 4. The van der Waals surface area contributed by atoms with Crippen molar-refractivity contribution in [1.29, 1.82) is 0 Å². The van der Waals surface area contributed by atoms with Gasteiger partial charge in [-0.2, -0.15) is 0 Å². The first-order valence-electron chi connectivity index (χ1n) is 36.0. The number of rotatable bonds is 18. The van der Waals surface area contributed by atoms with Crippen LogP contribution in [0.1, 0.15) is 116 Å². The zero-order chi connectivity index (χ0) is 66.3. The van der Waals surface area contributed by atoms with Gasteiger partial charge in [0.25, 0.3) is 0 Å². The Bertz CT molecular complexity index is 4700. The highest BCUT2D eigenvalue weighted by Crippen LogP contribution is 2.55. The Balaban J connectivity index is 1.17. The van der Waals surface area contributed by atoms with E-state index in [4.69, 9.17) is 9.47 Å². The van der Waals surface area contributed by atoms with Gasteiger partial charge in [-0.05, 0) is 267 Å². The number of hydrogen-bond donors (Lipinski definition) is 0. The van der Waals surface area contributed by atoms with E-state index >= 15 is 0 Å². The zero-order valence-electron chi connectivity index (χ0n) is 58.9. The van der Waals surface area contributed by atoms with Crippen molar-refractivity contribution in [1.82, 2.24) is 0 Å². The summed E-state index contributed by atoms with van der Waals surface area (Å²) < 4.78 is 13.2. The number of benzene rings is 12. The van der Waals surface area contributed by atoms with Crippen molar-refractivity contribution < 1.29 is 9.47 Å². The van der Waals surface area contributed by atoms with Crippen LogP contribution in [0.15, 0.2) is 182 Å². The van der Waals surface area contributed by atoms with E-state index in [9.17, 15) is 0 Å². The van der Waals surface area contributed by atoms with Crippen LogP contribution in [0.3, 0.4) is 0 Å². The molecular weight excluding hydrogens is 1160 g/mol.